The number of para-hydroxylation sites is 1. The van der Waals surface area contributed by atoms with Gasteiger partial charge in [-0.25, -0.2) is 0 Å². The lowest BCUT2D eigenvalue weighted by Gasteiger charge is -2.27. The molecule has 2 nitrogen and oxygen atoms in total. The monoisotopic (exact) mass is 273 g/mol. The molecule has 0 amide bonds. The van der Waals surface area contributed by atoms with Gasteiger partial charge >= 0.3 is 0 Å². The van der Waals surface area contributed by atoms with Crippen LogP contribution >= 0.6 is 11.6 Å². The fourth-order valence-electron chi connectivity index (χ4n) is 2.43. The number of fused-ring (bicyclic) bond motifs is 1. The summed E-state index contributed by atoms with van der Waals surface area (Å²) in [6, 6.07) is 14.5. The highest BCUT2D eigenvalue weighted by Crippen LogP contribution is 2.35. The predicted molar refractivity (Wildman–Crippen MR) is 79.1 cm³/mol. The molecule has 1 atom stereocenters. The van der Waals surface area contributed by atoms with Gasteiger partial charge in [0.15, 0.2) is 0 Å². The first-order valence-electron chi connectivity index (χ1n) is 6.48. The molecular weight excluding hydrogens is 258 g/mol. The molecule has 0 fully saturated rings. The molecule has 0 radical (unpaired) electrons. The highest BCUT2D eigenvalue weighted by Gasteiger charge is 2.21. The van der Waals surface area contributed by atoms with Crippen LogP contribution in [0.25, 0.3) is 0 Å². The number of rotatable bonds is 2. The van der Waals surface area contributed by atoms with Crippen molar-refractivity contribution < 1.29 is 4.74 Å². The van der Waals surface area contributed by atoms with E-state index in [0.717, 1.165) is 29.5 Å². The Balaban J connectivity index is 1.90. The van der Waals surface area contributed by atoms with E-state index in [0.29, 0.717) is 0 Å². The van der Waals surface area contributed by atoms with Crippen LogP contribution in [-0.4, -0.2) is 6.61 Å². The van der Waals surface area contributed by atoms with Gasteiger partial charge in [-0.1, -0.05) is 35.9 Å². The van der Waals surface area contributed by atoms with Crippen LogP contribution in [0.15, 0.2) is 42.5 Å². The number of ether oxygens (including phenoxy) is 1. The van der Waals surface area contributed by atoms with Crippen molar-refractivity contribution in [2.75, 3.05) is 11.9 Å². The Morgan fingerprint density at radius 1 is 1.21 bits per heavy atom. The molecule has 1 aliphatic heterocycles. The molecule has 0 aromatic heterocycles. The molecule has 1 N–H and O–H groups in total. The van der Waals surface area contributed by atoms with E-state index in [9.17, 15) is 0 Å². The molecule has 0 spiro atoms. The summed E-state index contributed by atoms with van der Waals surface area (Å²) in [6.07, 6.45) is 0.946. The number of hydrogen-bond acceptors (Lipinski definition) is 2. The molecule has 3 heteroatoms. The Bertz CT molecular complexity index is 597. The van der Waals surface area contributed by atoms with Crippen molar-refractivity contribution in [1.29, 1.82) is 0 Å². The van der Waals surface area contributed by atoms with Crippen LogP contribution in [0.2, 0.25) is 5.02 Å². The van der Waals surface area contributed by atoms with Crippen molar-refractivity contribution >= 4 is 17.3 Å². The van der Waals surface area contributed by atoms with E-state index in [2.05, 4.69) is 24.4 Å². The standard InChI is InChI=1S/C16H16ClNO/c1-11-6-7-13(17)15(10-11)18-14-8-9-19-16-5-3-2-4-12(14)16/h2-7,10,14,18H,8-9H2,1H3. The molecule has 98 valence electrons. The highest BCUT2D eigenvalue weighted by atomic mass is 35.5. The van der Waals surface area contributed by atoms with E-state index in [1.807, 2.05) is 30.3 Å². The fraction of sp³-hybridized carbons (Fsp3) is 0.250. The van der Waals surface area contributed by atoms with Gasteiger partial charge in [0.25, 0.3) is 0 Å². The Morgan fingerprint density at radius 2 is 2.05 bits per heavy atom. The van der Waals surface area contributed by atoms with Crippen LogP contribution in [-0.2, 0) is 0 Å². The molecule has 0 saturated carbocycles. The third-order valence-corrected chi connectivity index (χ3v) is 3.74. The summed E-state index contributed by atoms with van der Waals surface area (Å²) in [5, 5.41) is 4.29. The summed E-state index contributed by atoms with van der Waals surface area (Å²) in [5.74, 6) is 0.968. The minimum absolute atomic E-state index is 0.254. The fourth-order valence-corrected chi connectivity index (χ4v) is 2.60. The van der Waals surface area contributed by atoms with Crippen molar-refractivity contribution in [3.8, 4) is 5.75 Å². The van der Waals surface area contributed by atoms with Crippen molar-refractivity contribution in [1.82, 2.24) is 0 Å². The van der Waals surface area contributed by atoms with Crippen LogP contribution < -0.4 is 10.1 Å². The van der Waals surface area contributed by atoms with E-state index in [1.54, 1.807) is 0 Å². The Kier molecular flexibility index (Phi) is 3.34. The lowest BCUT2D eigenvalue weighted by Crippen LogP contribution is -2.20. The van der Waals surface area contributed by atoms with E-state index in [1.165, 1.54) is 11.1 Å². The average molecular weight is 274 g/mol. The van der Waals surface area contributed by atoms with Gasteiger partial charge in [-0.3, -0.25) is 0 Å². The molecule has 3 rings (SSSR count). The van der Waals surface area contributed by atoms with Crippen LogP contribution in [0.3, 0.4) is 0 Å². The van der Waals surface area contributed by atoms with E-state index in [4.69, 9.17) is 16.3 Å². The van der Waals surface area contributed by atoms with Gasteiger partial charge in [0, 0.05) is 12.0 Å². The summed E-state index contributed by atoms with van der Waals surface area (Å²) in [7, 11) is 0. The van der Waals surface area contributed by atoms with Gasteiger partial charge in [-0.15, -0.1) is 0 Å². The number of benzene rings is 2. The molecular formula is C16H16ClNO. The second-order valence-corrected chi connectivity index (χ2v) is 5.26. The first-order valence-corrected chi connectivity index (χ1v) is 6.86. The predicted octanol–water partition coefficient (Wildman–Crippen LogP) is 4.58. The quantitative estimate of drug-likeness (QED) is 0.864. The smallest absolute Gasteiger partial charge is 0.124 e. The molecule has 1 unspecified atom stereocenters. The molecule has 0 saturated heterocycles. The van der Waals surface area contributed by atoms with Crippen molar-refractivity contribution in [2.45, 2.75) is 19.4 Å². The maximum atomic E-state index is 6.25. The Labute approximate surface area is 118 Å². The molecule has 0 bridgehead atoms. The largest absolute Gasteiger partial charge is 0.493 e. The van der Waals surface area contributed by atoms with E-state index >= 15 is 0 Å². The number of anilines is 1. The first kappa shape index (κ1) is 12.4. The number of aryl methyl sites for hydroxylation is 1. The summed E-state index contributed by atoms with van der Waals surface area (Å²) in [5.41, 5.74) is 3.39. The van der Waals surface area contributed by atoms with Crippen molar-refractivity contribution in [3.63, 3.8) is 0 Å². The normalized spacial score (nSPS) is 17.5. The van der Waals surface area contributed by atoms with E-state index < -0.39 is 0 Å². The zero-order valence-corrected chi connectivity index (χ0v) is 11.6. The molecule has 1 aliphatic rings. The highest BCUT2D eigenvalue weighted by molar-refractivity contribution is 6.33. The summed E-state index contributed by atoms with van der Waals surface area (Å²) in [4.78, 5) is 0. The van der Waals surface area contributed by atoms with Crippen molar-refractivity contribution in [3.05, 3.63) is 58.6 Å². The molecule has 2 aromatic carbocycles. The zero-order valence-electron chi connectivity index (χ0n) is 10.8. The second-order valence-electron chi connectivity index (χ2n) is 4.86. The minimum Gasteiger partial charge on any atom is -0.493 e. The van der Waals surface area contributed by atoms with Gasteiger partial charge in [0.1, 0.15) is 5.75 Å². The zero-order chi connectivity index (χ0) is 13.2. The van der Waals surface area contributed by atoms with E-state index in [-0.39, 0.29) is 6.04 Å². The Morgan fingerprint density at radius 3 is 2.95 bits per heavy atom. The van der Waals surface area contributed by atoms with Crippen LogP contribution in [0.1, 0.15) is 23.6 Å². The average Bonchev–Trinajstić information content (AvgIpc) is 2.43. The summed E-state index contributed by atoms with van der Waals surface area (Å²) < 4.78 is 5.67. The van der Waals surface area contributed by atoms with Gasteiger partial charge in [0.05, 0.1) is 23.4 Å². The van der Waals surface area contributed by atoms with Crippen LogP contribution in [0, 0.1) is 6.92 Å². The third kappa shape index (κ3) is 2.54. The summed E-state index contributed by atoms with van der Waals surface area (Å²) >= 11 is 6.25. The Hall–Kier alpha value is -1.67. The lowest BCUT2D eigenvalue weighted by atomic mass is 10.00. The maximum absolute atomic E-state index is 6.25. The third-order valence-electron chi connectivity index (χ3n) is 3.41. The number of hydrogen-bond donors (Lipinski definition) is 1. The first-order chi connectivity index (χ1) is 9.24. The number of halogens is 1. The number of nitrogens with one attached hydrogen (secondary N) is 1. The topological polar surface area (TPSA) is 21.3 Å². The minimum atomic E-state index is 0.254. The van der Waals surface area contributed by atoms with Gasteiger partial charge in [-0.2, -0.15) is 0 Å². The molecule has 19 heavy (non-hydrogen) atoms. The van der Waals surface area contributed by atoms with Gasteiger partial charge in [-0.05, 0) is 30.7 Å². The lowest BCUT2D eigenvalue weighted by molar-refractivity contribution is 0.274. The molecule has 1 heterocycles. The maximum Gasteiger partial charge on any atom is 0.124 e. The second kappa shape index (κ2) is 5.14. The van der Waals surface area contributed by atoms with Gasteiger partial charge < -0.3 is 10.1 Å². The molecule has 0 aliphatic carbocycles. The van der Waals surface area contributed by atoms with Crippen molar-refractivity contribution in [2.24, 2.45) is 0 Å². The van der Waals surface area contributed by atoms with Crippen LogP contribution in [0.4, 0.5) is 5.69 Å². The van der Waals surface area contributed by atoms with Crippen LogP contribution in [0.5, 0.6) is 5.75 Å². The summed E-state index contributed by atoms with van der Waals surface area (Å²) in [6.45, 7) is 2.80. The van der Waals surface area contributed by atoms with Gasteiger partial charge in [0.2, 0.25) is 0 Å². The molecule has 2 aromatic rings. The SMILES string of the molecule is Cc1ccc(Cl)c(NC2CCOc3ccccc32)c1.